The number of hydrogen-bond acceptors (Lipinski definition) is 6. The van der Waals surface area contributed by atoms with Gasteiger partial charge < -0.3 is 0 Å². The first-order chi connectivity index (χ1) is 11.5. The van der Waals surface area contributed by atoms with Crippen LogP contribution in [0.2, 0.25) is 0 Å². The summed E-state index contributed by atoms with van der Waals surface area (Å²) in [5.41, 5.74) is 0.505. The predicted molar refractivity (Wildman–Crippen MR) is 86.4 cm³/mol. The zero-order valence-corrected chi connectivity index (χ0v) is 12.8. The molecule has 0 radical (unpaired) electrons. The second kappa shape index (κ2) is 6.50. The number of nitro benzene ring substituents is 1. The van der Waals surface area contributed by atoms with Gasteiger partial charge in [0.2, 0.25) is 5.13 Å². The molecule has 0 bridgehead atoms. The van der Waals surface area contributed by atoms with Crippen LogP contribution in [0.15, 0.2) is 48.5 Å². The minimum Gasteiger partial charge on any atom is -0.296 e. The molecule has 120 valence electrons. The van der Waals surface area contributed by atoms with E-state index in [1.165, 1.54) is 30.3 Å². The lowest BCUT2D eigenvalue weighted by Crippen LogP contribution is -2.13. The number of nitrogens with zero attached hydrogens (tertiary/aromatic N) is 3. The monoisotopic (exact) mass is 344 g/mol. The molecule has 24 heavy (non-hydrogen) atoms. The van der Waals surface area contributed by atoms with Gasteiger partial charge in [-0.05, 0) is 24.3 Å². The molecular formula is C15H9FN4O3S. The lowest BCUT2D eigenvalue weighted by atomic mass is 10.2. The van der Waals surface area contributed by atoms with Crippen LogP contribution < -0.4 is 5.32 Å². The topological polar surface area (TPSA) is 98.0 Å². The fraction of sp³-hybridized carbons (Fsp3) is 0. The summed E-state index contributed by atoms with van der Waals surface area (Å²) in [5.74, 6) is -1.25. The predicted octanol–water partition coefficient (Wildman–Crippen LogP) is 3.50. The van der Waals surface area contributed by atoms with Crippen molar-refractivity contribution in [2.75, 3.05) is 5.32 Å². The standard InChI is InChI=1S/C15H9FN4O3S/c16-12-4-2-1-3-11(12)13(21)17-15-19-18-14(24-15)9-5-7-10(8-6-9)20(22)23/h1-8H,(H,17,19,21). The normalized spacial score (nSPS) is 10.4. The van der Waals surface area contributed by atoms with E-state index in [1.807, 2.05) is 0 Å². The van der Waals surface area contributed by atoms with Gasteiger partial charge in [0.25, 0.3) is 11.6 Å². The van der Waals surface area contributed by atoms with E-state index >= 15 is 0 Å². The molecule has 0 aliphatic carbocycles. The van der Waals surface area contributed by atoms with Crippen LogP contribution in [0, 0.1) is 15.9 Å². The number of anilines is 1. The van der Waals surface area contributed by atoms with Crippen LogP contribution in [0.5, 0.6) is 0 Å². The number of hydrogen-bond donors (Lipinski definition) is 1. The number of non-ortho nitro benzene ring substituents is 1. The van der Waals surface area contributed by atoms with Crippen LogP contribution in [0.1, 0.15) is 10.4 Å². The molecule has 0 unspecified atom stereocenters. The molecule has 1 aromatic heterocycles. The largest absolute Gasteiger partial charge is 0.296 e. The highest BCUT2D eigenvalue weighted by molar-refractivity contribution is 7.18. The highest BCUT2D eigenvalue weighted by Gasteiger charge is 2.14. The van der Waals surface area contributed by atoms with Crippen LogP contribution in [0.25, 0.3) is 10.6 Å². The highest BCUT2D eigenvalue weighted by Crippen LogP contribution is 2.28. The number of carbonyl (C=O) groups excluding carboxylic acids is 1. The third-order valence-electron chi connectivity index (χ3n) is 3.09. The fourth-order valence-corrected chi connectivity index (χ4v) is 2.67. The van der Waals surface area contributed by atoms with Crippen LogP contribution >= 0.6 is 11.3 Å². The van der Waals surface area contributed by atoms with E-state index in [0.29, 0.717) is 10.6 Å². The van der Waals surface area contributed by atoms with E-state index < -0.39 is 16.6 Å². The van der Waals surface area contributed by atoms with E-state index in [1.54, 1.807) is 18.2 Å². The minimum atomic E-state index is -0.630. The number of halogens is 1. The molecule has 1 amide bonds. The number of carbonyl (C=O) groups is 1. The van der Waals surface area contributed by atoms with Gasteiger partial charge in [0.1, 0.15) is 10.8 Å². The summed E-state index contributed by atoms with van der Waals surface area (Å²) < 4.78 is 13.6. The third kappa shape index (κ3) is 3.25. The molecular weight excluding hydrogens is 335 g/mol. The summed E-state index contributed by atoms with van der Waals surface area (Å²) in [6.07, 6.45) is 0. The van der Waals surface area contributed by atoms with Gasteiger partial charge in [-0.1, -0.05) is 23.5 Å². The van der Waals surface area contributed by atoms with Crippen molar-refractivity contribution in [3.05, 3.63) is 70.0 Å². The Labute approximate surface area is 138 Å². The van der Waals surface area contributed by atoms with Crippen LogP contribution in [0.4, 0.5) is 15.2 Å². The van der Waals surface area contributed by atoms with Crippen LogP contribution in [-0.2, 0) is 0 Å². The van der Waals surface area contributed by atoms with Crippen LogP contribution in [0.3, 0.4) is 0 Å². The van der Waals surface area contributed by atoms with E-state index in [-0.39, 0.29) is 16.4 Å². The summed E-state index contributed by atoms with van der Waals surface area (Å²) in [6.45, 7) is 0. The van der Waals surface area contributed by atoms with Crippen molar-refractivity contribution in [1.82, 2.24) is 10.2 Å². The molecule has 7 nitrogen and oxygen atoms in total. The molecule has 2 aromatic carbocycles. The molecule has 0 aliphatic heterocycles. The van der Waals surface area contributed by atoms with Gasteiger partial charge in [0.15, 0.2) is 0 Å². The molecule has 1 heterocycles. The van der Waals surface area contributed by atoms with Gasteiger partial charge in [0.05, 0.1) is 10.5 Å². The van der Waals surface area contributed by atoms with E-state index in [4.69, 9.17) is 0 Å². The number of aromatic nitrogens is 2. The maximum Gasteiger partial charge on any atom is 0.269 e. The van der Waals surface area contributed by atoms with Crippen molar-refractivity contribution in [2.24, 2.45) is 0 Å². The lowest BCUT2D eigenvalue weighted by Gasteiger charge is -2.01. The Morgan fingerprint density at radius 3 is 2.50 bits per heavy atom. The SMILES string of the molecule is O=C(Nc1nnc(-c2ccc([N+](=O)[O-])cc2)s1)c1ccccc1F. The number of nitrogens with one attached hydrogen (secondary N) is 1. The van der Waals surface area contributed by atoms with Gasteiger partial charge in [0, 0.05) is 17.7 Å². The number of nitro groups is 1. The summed E-state index contributed by atoms with van der Waals surface area (Å²) in [6, 6.07) is 11.4. The zero-order chi connectivity index (χ0) is 17.1. The molecule has 1 N–H and O–H groups in total. The summed E-state index contributed by atoms with van der Waals surface area (Å²) in [5, 5.41) is 21.5. The molecule has 0 saturated carbocycles. The number of amides is 1. The van der Waals surface area contributed by atoms with Crippen molar-refractivity contribution in [2.45, 2.75) is 0 Å². The Balaban J connectivity index is 1.77. The maximum atomic E-state index is 13.6. The van der Waals surface area contributed by atoms with E-state index in [0.717, 1.165) is 11.3 Å². The van der Waals surface area contributed by atoms with E-state index in [2.05, 4.69) is 15.5 Å². The van der Waals surface area contributed by atoms with Crippen molar-refractivity contribution in [3.63, 3.8) is 0 Å². The first kappa shape index (κ1) is 15.7. The van der Waals surface area contributed by atoms with Gasteiger partial charge >= 0.3 is 0 Å². The molecule has 0 saturated heterocycles. The quantitative estimate of drug-likeness (QED) is 0.577. The number of benzene rings is 2. The minimum absolute atomic E-state index is 0.0312. The highest BCUT2D eigenvalue weighted by atomic mass is 32.1. The van der Waals surface area contributed by atoms with Crippen molar-refractivity contribution in [3.8, 4) is 10.6 Å². The molecule has 0 aliphatic rings. The molecule has 3 aromatic rings. The Kier molecular flexibility index (Phi) is 4.25. The van der Waals surface area contributed by atoms with Crippen LogP contribution in [-0.4, -0.2) is 21.0 Å². The third-order valence-corrected chi connectivity index (χ3v) is 3.98. The molecule has 3 rings (SSSR count). The zero-order valence-electron chi connectivity index (χ0n) is 12.0. The second-order valence-electron chi connectivity index (χ2n) is 4.65. The lowest BCUT2D eigenvalue weighted by molar-refractivity contribution is -0.384. The van der Waals surface area contributed by atoms with Crippen molar-refractivity contribution in [1.29, 1.82) is 0 Å². The summed E-state index contributed by atoms with van der Waals surface area (Å²) in [7, 11) is 0. The van der Waals surface area contributed by atoms with Gasteiger partial charge in [-0.2, -0.15) is 0 Å². The summed E-state index contributed by atoms with van der Waals surface area (Å²) >= 11 is 1.08. The molecule has 9 heteroatoms. The van der Waals surface area contributed by atoms with Gasteiger partial charge in [-0.3, -0.25) is 20.2 Å². The Morgan fingerprint density at radius 1 is 1.12 bits per heavy atom. The molecule has 0 atom stereocenters. The Hall–Kier alpha value is -3.20. The Morgan fingerprint density at radius 2 is 1.83 bits per heavy atom. The Bertz CT molecular complexity index is 911. The summed E-state index contributed by atoms with van der Waals surface area (Å²) in [4.78, 5) is 22.2. The van der Waals surface area contributed by atoms with E-state index in [9.17, 15) is 19.3 Å². The average Bonchev–Trinajstić information content (AvgIpc) is 3.03. The first-order valence-corrected chi connectivity index (χ1v) is 7.50. The second-order valence-corrected chi connectivity index (χ2v) is 5.63. The fourth-order valence-electron chi connectivity index (χ4n) is 1.93. The van der Waals surface area contributed by atoms with Crippen molar-refractivity contribution >= 4 is 28.1 Å². The smallest absolute Gasteiger partial charge is 0.269 e. The first-order valence-electron chi connectivity index (χ1n) is 6.69. The molecule has 0 fully saturated rings. The van der Waals surface area contributed by atoms with Crippen molar-refractivity contribution < 1.29 is 14.1 Å². The number of rotatable bonds is 4. The van der Waals surface area contributed by atoms with Gasteiger partial charge in [-0.25, -0.2) is 4.39 Å². The molecule has 0 spiro atoms. The average molecular weight is 344 g/mol. The maximum absolute atomic E-state index is 13.6. The van der Waals surface area contributed by atoms with Gasteiger partial charge in [-0.15, -0.1) is 10.2 Å².